The van der Waals surface area contributed by atoms with Gasteiger partial charge in [-0.25, -0.2) is 0 Å². The minimum absolute atomic E-state index is 0.594. The maximum absolute atomic E-state index is 6.06. The zero-order chi connectivity index (χ0) is 10.1. The lowest BCUT2D eigenvalue weighted by atomic mass is 9.91. The van der Waals surface area contributed by atoms with Crippen molar-refractivity contribution in [1.29, 1.82) is 0 Å². The molecule has 0 heterocycles. The van der Waals surface area contributed by atoms with Crippen LogP contribution < -0.4 is 0 Å². The second-order valence-corrected chi connectivity index (χ2v) is 4.77. The smallest absolute Gasteiger partial charge is 0.0295 e. The molecule has 1 aliphatic rings. The summed E-state index contributed by atoms with van der Waals surface area (Å²) >= 11 is 6.06. The summed E-state index contributed by atoms with van der Waals surface area (Å²) in [6, 6.07) is 6.70. The summed E-state index contributed by atoms with van der Waals surface area (Å²) in [5, 5.41) is 0. The molecule has 0 nitrogen and oxygen atoms in total. The average Bonchev–Trinajstić information content (AvgIpc) is 2.96. The molecule has 0 radical (unpaired) electrons. The van der Waals surface area contributed by atoms with E-state index in [-0.39, 0.29) is 0 Å². The van der Waals surface area contributed by atoms with Crippen molar-refractivity contribution in [1.82, 2.24) is 0 Å². The van der Waals surface area contributed by atoms with Crippen LogP contribution >= 0.6 is 11.6 Å². The Kier molecular flexibility index (Phi) is 2.83. The van der Waals surface area contributed by atoms with Crippen molar-refractivity contribution in [2.45, 2.75) is 32.6 Å². The summed E-state index contributed by atoms with van der Waals surface area (Å²) in [6.07, 6.45) is 2.73. The number of alkyl halides is 1. The van der Waals surface area contributed by atoms with Crippen molar-refractivity contribution in [3.05, 3.63) is 34.9 Å². The van der Waals surface area contributed by atoms with Crippen molar-refractivity contribution in [3.8, 4) is 0 Å². The van der Waals surface area contributed by atoms with Gasteiger partial charge in [0.05, 0.1) is 0 Å². The second-order valence-electron chi connectivity index (χ2n) is 4.46. The van der Waals surface area contributed by atoms with Crippen LogP contribution in [0.3, 0.4) is 0 Å². The Hall–Kier alpha value is -0.490. The fourth-order valence-electron chi connectivity index (χ4n) is 2.12. The van der Waals surface area contributed by atoms with Gasteiger partial charge in [-0.3, -0.25) is 0 Å². The van der Waals surface area contributed by atoms with Crippen molar-refractivity contribution in [3.63, 3.8) is 0 Å². The molecule has 1 aromatic carbocycles. The van der Waals surface area contributed by atoms with Gasteiger partial charge in [-0.05, 0) is 43.7 Å². The first-order chi connectivity index (χ1) is 6.72. The van der Waals surface area contributed by atoms with Gasteiger partial charge in [-0.2, -0.15) is 0 Å². The fourth-order valence-corrected chi connectivity index (χ4v) is 2.54. The molecule has 0 amide bonds. The Morgan fingerprint density at radius 3 is 2.64 bits per heavy atom. The number of hydrogen-bond acceptors (Lipinski definition) is 0. The van der Waals surface area contributed by atoms with Gasteiger partial charge < -0.3 is 0 Å². The van der Waals surface area contributed by atoms with E-state index in [1.54, 1.807) is 0 Å². The van der Waals surface area contributed by atoms with E-state index in [2.05, 4.69) is 32.0 Å². The summed E-state index contributed by atoms with van der Waals surface area (Å²) in [7, 11) is 0. The van der Waals surface area contributed by atoms with Crippen LogP contribution in [0.5, 0.6) is 0 Å². The molecule has 1 heteroatoms. The molecule has 0 saturated heterocycles. The maximum atomic E-state index is 6.06. The van der Waals surface area contributed by atoms with Gasteiger partial charge in [0.2, 0.25) is 0 Å². The summed E-state index contributed by atoms with van der Waals surface area (Å²) in [5.74, 6) is 2.22. The van der Waals surface area contributed by atoms with E-state index in [9.17, 15) is 0 Å². The SMILES string of the molecule is Cc1ccc(C)c(C(CCl)C2CC2)c1. The van der Waals surface area contributed by atoms with Gasteiger partial charge in [-0.1, -0.05) is 23.8 Å². The molecule has 1 aliphatic carbocycles. The molecule has 1 atom stereocenters. The molecular formula is C13H17Cl. The topological polar surface area (TPSA) is 0 Å². The van der Waals surface area contributed by atoms with E-state index in [1.165, 1.54) is 29.5 Å². The average molecular weight is 209 g/mol. The van der Waals surface area contributed by atoms with Gasteiger partial charge in [0, 0.05) is 11.8 Å². The molecule has 76 valence electrons. The first-order valence-electron chi connectivity index (χ1n) is 5.35. The molecule has 1 aromatic rings. The number of aryl methyl sites for hydroxylation is 2. The third kappa shape index (κ3) is 1.95. The first kappa shape index (κ1) is 10.0. The van der Waals surface area contributed by atoms with Crippen LogP contribution in [0.2, 0.25) is 0 Å². The molecule has 0 spiro atoms. The van der Waals surface area contributed by atoms with E-state index < -0.39 is 0 Å². The van der Waals surface area contributed by atoms with Gasteiger partial charge in [-0.15, -0.1) is 11.6 Å². The van der Waals surface area contributed by atoms with Crippen LogP contribution in [0.15, 0.2) is 18.2 Å². The molecule has 14 heavy (non-hydrogen) atoms. The number of hydrogen-bond donors (Lipinski definition) is 0. The molecule has 0 aromatic heterocycles. The molecule has 1 fully saturated rings. The Labute approximate surface area is 91.3 Å². The monoisotopic (exact) mass is 208 g/mol. The number of rotatable bonds is 3. The quantitative estimate of drug-likeness (QED) is 0.658. The largest absolute Gasteiger partial charge is 0.126 e. The predicted molar refractivity (Wildman–Crippen MR) is 62.1 cm³/mol. The van der Waals surface area contributed by atoms with E-state index in [4.69, 9.17) is 11.6 Å². The van der Waals surface area contributed by atoms with Crippen LogP contribution in [0.4, 0.5) is 0 Å². The van der Waals surface area contributed by atoms with E-state index in [1.807, 2.05) is 0 Å². The normalized spacial score (nSPS) is 18.2. The third-order valence-electron chi connectivity index (χ3n) is 3.19. The summed E-state index contributed by atoms with van der Waals surface area (Å²) in [6.45, 7) is 4.35. The van der Waals surface area contributed by atoms with Crippen LogP contribution in [0.25, 0.3) is 0 Å². The highest BCUT2D eigenvalue weighted by Gasteiger charge is 2.32. The van der Waals surface area contributed by atoms with Crippen LogP contribution in [-0.4, -0.2) is 5.88 Å². The molecule has 2 rings (SSSR count). The maximum Gasteiger partial charge on any atom is 0.0295 e. The van der Waals surface area contributed by atoms with Crippen molar-refractivity contribution >= 4 is 11.6 Å². The summed E-state index contributed by atoms with van der Waals surface area (Å²) in [4.78, 5) is 0. The Morgan fingerprint density at radius 1 is 1.36 bits per heavy atom. The standard InChI is InChI=1S/C13H17Cl/c1-9-3-4-10(2)12(7-9)13(8-14)11-5-6-11/h3-4,7,11,13H,5-6,8H2,1-2H3. The Balaban J connectivity index is 2.32. The lowest BCUT2D eigenvalue weighted by molar-refractivity contribution is 0.665. The van der Waals surface area contributed by atoms with Crippen molar-refractivity contribution < 1.29 is 0 Å². The minimum atomic E-state index is 0.594. The first-order valence-corrected chi connectivity index (χ1v) is 5.89. The zero-order valence-corrected chi connectivity index (χ0v) is 9.64. The van der Waals surface area contributed by atoms with E-state index >= 15 is 0 Å². The lowest BCUT2D eigenvalue weighted by Crippen LogP contribution is -2.05. The molecular weight excluding hydrogens is 192 g/mol. The highest BCUT2D eigenvalue weighted by atomic mass is 35.5. The molecule has 0 aliphatic heterocycles. The fraction of sp³-hybridized carbons (Fsp3) is 0.538. The number of halogens is 1. The molecule has 0 bridgehead atoms. The van der Waals surface area contributed by atoms with Gasteiger partial charge in [0.1, 0.15) is 0 Å². The lowest BCUT2D eigenvalue weighted by Gasteiger charge is -2.16. The van der Waals surface area contributed by atoms with Crippen LogP contribution in [-0.2, 0) is 0 Å². The van der Waals surface area contributed by atoms with E-state index in [0.717, 1.165) is 11.8 Å². The number of benzene rings is 1. The van der Waals surface area contributed by atoms with E-state index in [0.29, 0.717) is 5.92 Å². The van der Waals surface area contributed by atoms with Crippen LogP contribution in [0, 0.1) is 19.8 Å². The third-order valence-corrected chi connectivity index (χ3v) is 3.52. The molecule has 1 unspecified atom stereocenters. The summed E-state index contributed by atoms with van der Waals surface area (Å²) in [5.41, 5.74) is 4.22. The van der Waals surface area contributed by atoms with Gasteiger partial charge in [0.15, 0.2) is 0 Å². The predicted octanol–water partition coefficient (Wildman–Crippen LogP) is 4.04. The van der Waals surface area contributed by atoms with Crippen molar-refractivity contribution in [2.24, 2.45) is 5.92 Å². The Bertz CT molecular complexity index is 326. The molecule has 0 N–H and O–H groups in total. The second kappa shape index (κ2) is 3.94. The summed E-state index contributed by atoms with van der Waals surface area (Å²) < 4.78 is 0. The highest BCUT2D eigenvalue weighted by Crippen LogP contribution is 2.44. The minimum Gasteiger partial charge on any atom is -0.126 e. The van der Waals surface area contributed by atoms with Gasteiger partial charge >= 0.3 is 0 Å². The molecule has 1 saturated carbocycles. The van der Waals surface area contributed by atoms with Gasteiger partial charge in [0.25, 0.3) is 0 Å². The zero-order valence-electron chi connectivity index (χ0n) is 8.89. The highest BCUT2D eigenvalue weighted by molar-refractivity contribution is 6.18. The van der Waals surface area contributed by atoms with Crippen LogP contribution in [0.1, 0.15) is 35.4 Å². The van der Waals surface area contributed by atoms with Crippen molar-refractivity contribution in [2.75, 3.05) is 5.88 Å². The Morgan fingerprint density at radius 2 is 2.07 bits per heavy atom.